The van der Waals surface area contributed by atoms with Crippen LogP contribution in [0.4, 0.5) is 15.9 Å². The second-order valence-electron chi connectivity index (χ2n) is 9.14. The number of ether oxygens (including phenoxy) is 1. The summed E-state index contributed by atoms with van der Waals surface area (Å²) in [4.78, 5) is 22.9. The number of fused-ring (bicyclic) bond motifs is 1. The van der Waals surface area contributed by atoms with Crippen LogP contribution in [0.3, 0.4) is 0 Å². The van der Waals surface area contributed by atoms with E-state index < -0.39 is 11.7 Å². The van der Waals surface area contributed by atoms with Crippen LogP contribution in [-0.4, -0.2) is 58.6 Å². The number of amides is 1. The fraction of sp³-hybridized carbons (Fsp3) is 0.346. The molecule has 2 aromatic carbocycles. The SMILES string of the molecule is NC(=O)CN1C=C(Nc2ncnc3cc(OCCCN4CCCCC4)ccc23)NN1c1cccc(F)c1. The van der Waals surface area contributed by atoms with Crippen molar-refractivity contribution in [1.29, 1.82) is 0 Å². The van der Waals surface area contributed by atoms with Crippen LogP contribution in [0.5, 0.6) is 5.75 Å². The van der Waals surface area contributed by atoms with Gasteiger partial charge in [-0.1, -0.05) is 12.5 Å². The lowest BCUT2D eigenvalue weighted by molar-refractivity contribution is -0.118. The summed E-state index contributed by atoms with van der Waals surface area (Å²) in [5.74, 6) is 0.936. The number of rotatable bonds is 10. The van der Waals surface area contributed by atoms with E-state index in [9.17, 15) is 9.18 Å². The van der Waals surface area contributed by atoms with Gasteiger partial charge in [0.2, 0.25) is 5.91 Å². The Labute approximate surface area is 214 Å². The lowest BCUT2D eigenvalue weighted by Crippen LogP contribution is -2.46. The number of hydrogen-bond donors (Lipinski definition) is 3. The molecule has 194 valence electrons. The lowest BCUT2D eigenvalue weighted by Gasteiger charge is -2.29. The van der Waals surface area contributed by atoms with E-state index in [1.54, 1.807) is 23.3 Å². The number of hydrogen-bond acceptors (Lipinski definition) is 9. The summed E-state index contributed by atoms with van der Waals surface area (Å²) in [5, 5.41) is 7.13. The van der Waals surface area contributed by atoms with Gasteiger partial charge in [0.25, 0.3) is 0 Å². The molecule has 11 heteroatoms. The Morgan fingerprint density at radius 2 is 2.00 bits per heavy atom. The summed E-state index contributed by atoms with van der Waals surface area (Å²) in [6.45, 7) is 3.99. The summed E-state index contributed by atoms with van der Waals surface area (Å²) in [6.07, 6.45) is 8.06. The molecule has 4 N–H and O–H groups in total. The molecule has 0 atom stereocenters. The zero-order valence-electron chi connectivity index (χ0n) is 20.6. The molecule has 1 fully saturated rings. The van der Waals surface area contributed by atoms with Crippen LogP contribution in [0.2, 0.25) is 0 Å². The third-order valence-corrected chi connectivity index (χ3v) is 6.33. The van der Waals surface area contributed by atoms with Crippen LogP contribution in [0.15, 0.2) is 60.8 Å². The van der Waals surface area contributed by atoms with Gasteiger partial charge < -0.3 is 20.7 Å². The first-order valence-corrected chi connectivity index (χ1v) is 12.5. The average molecular weight is 507 g/mol. The maximum atomic E-state index is 13.8. The van der Waals surface area contributed by atoms with Crippen molar-refractivity contribution in [1.82, 2.24) is 25.3 Å². The number of aromatic nitrogens is 2. The fourth-order valence-electron chi connectivity index (χ4n) is 4.59. The molecule has 1 saturated heterocycles. The predicted octanol–water partition coefficient (Wildman–Crippen LogP) is 2.96. The number of nitrogens with one attached hydrogen (secondary N) is 2. The first-order valence-electron chi connectivity index (χ1n) is 12.5. The molecule has 0 saturated carbocycles. The van der Waals surface area contributed by atoms with Crippen LogP contribution >= 0.6 is 0 Å². The van der Waals surface area contributed by atoms with E-state index in [0.29, 0.717) is 23.9 Å². The van der Waals surface area contributed by atoms with E-state index in [1.165, 1.54) is 55.9 Å². The standard InChI is InChI=1S/C26H31FN8O2/c27-19-6-4-7-20(14-19)35-32-25(17-34(35)16-24(28)36)31-26-22-9-8-21(15-23(22)29-18-30-26)37-13-5-12-33-10-2-1-3-11-33/h4,6-9,14-15,17-18,32H,1-3,5,10-13,16H2,(H2,28,36)(H,29,30,31). The van der Waals surface area contributed by atoms with Gasteiger partial charge in [0, 0.05) is 24.1 Å². The number of carbonyl (C=O) groups excluding carboxylic acids is 1. The molecule has 5 rings (SSSR count). The lowest BCUT2D eigenvalue weighted by atomic mass is 10.1. The summed E-state index contributed by atoms with van der Waals surface area (Å²) in [7, 11) is 0. The topological polar surface area (TPSA) is 112 Å². The number of likely N-dealkylation sites (tertiary alicyclic amines) is 1. The molecule has 0 spiro atoms. The van der Waals surface area contributed by atoms with E-state index in [0.717, 1.165) is 29.6 Å². The number of carbonyl (C=O) groups is 1. The minimum absolute atomic E-state index is 0.0995. The van der Waals surface area contributed by atoms with Crippen molar-refractivity contribution in [3.05, 3.63) is 66.6 Å². The van der Waals surface area contributed by atoms with Crippen LogP contribution in [0.25, 0.3) is 10.9 Å². The van der Waals surface area contributed by atoms with E-state index in [4.69, 9.17) is 10.5 Å². The van der Waals surface area contributed by atoms with Crippen molar-refractivity contribution < 1.29 is 13.9 Å². The Balaban J connectivity index is 1.25. The second-order valence-corrected chi connectivity index (χ2v) is 9.14. The minimum atomic E-state index is -0.531. The molecule has 2 aliphatic rings. The maximum Gasteiger partial charge on any atom is 0.239 e. The molecule has 37 heavy (non-hydrogen) atoms. The third kappa shape index (κ3) is 6.18. The number of benzene rings is 2. The number of halogens is 1. The maximum absolute atomic E-state index is 13.8. The predicted molar refractivity (Wildman–Crippen MR) is 140 cm³/mol. The van der Waals surface area contributed by atoms with E-state index >= 15 is 0 Å². The van der Waals surface area contributed by atoms with Crippen LogP contribution < -0.4 is 26.3 Å². The van der Waals surface area contributed by atoms with Crippen LogP contribution in [0.1, 0.15) is 25.7 Å². The van der Waals surface area contributed by atoms with Crippen LogP contribution in [-0.2, 0) is 4.79 Å². The molecular formula is C26H31FN8O2. The van der Waals surface area contributed by atoms with Gasteiger partial charge in [-0.15, -0.1) is 0 Å². The van der Waals surface area contributed by atoms with Gasteiger partial charge in [-0.25, -0.2) is 14.4 Å². The first-order chi connectivity index (χ1) is 18.0. The van der Waals surface area contributed by atoms with Gasteiger partial charge in [0.05, 0.1) is 24.0 Å². The number of piperidine rings is 1. The summed E-state index contributed by atoms with van der Waals surface area (Å²) < 4.78 is 19.8. The van der Waals surface area contributed by atoms with Crippen molar-refractivity contribution in [2.24, 2.45) is 5.73 Å². The summed E-state index contributed by atoms with van der Waals surface area (Å²) >= 11 is 0. The van der Waals surface area contributed by atoms with Crippen molar-refractivity contribution in [2.45, 2.75) is 25.7 Å². The minimum Gasteiger partial charge on any atom is -0.493 e. The number of anilines is 2. The van der Waals surface area contributed by atoms with Crippen molar-refractivity contribution in [3.63, 3.8) is 0 Å². The highest BCUT2D eigenvalue weighted by Crippen LogP contribution is 2.27. The van der Waals surface area contributed by atoms with Gasteiger partial charge >= 0.3 is 0 Å². The quantitative estimate of drug-likeness (QED) is 0.357. The molecule has 2 aliphatic heterocycles. The molecule has 0 unspecified atom stereocenters. The smallest absolute Gasteiger partial charge is 0.239 e. The zero-order valence-corrected chi connectivity index (χ0v) is 20.6. The molecule has 0 radical (unpaired) electrons. The van der Waals surface area contributed by atoms with Gasteiger partial charge in [0.15, 0.2) is 0 Å². The number of nitrogens with zero attached hydrogens (tertiary/aromatic N) is 5. The number of hydrazine groups is 2. The van der Waals surface area contributed by atoms with Crippen LogP contribution in [0, 0.1) is 5.82 Å². The number of nitrogens with two attached hydrogens (primary N) is 1. The molecule has 0 aliphatic carbocycles. The summed E-state index contributed by atoms with van der Waals surface area (Å²) in [5.41, 5.74) is 9.78. The number of primary amides is 1. The highest BCUT2D eigenvalue weighted by molar-refractivity contribution is 5.90. The van der Waals surface area contributed by atoms with Gasteiger partial charge in [-0.05, 0) is 56.6 Å². The van der Waals surface area contributed by atoms with Gasteiger partial charge in [0.1, 0.15) is 36.1 Å². The van der Waals surface area contributed by atoms with Gasteiger partial charge in [-0.3, -0.25) is 15.2 Å². The van der Waals surface area contributed by atoms with Crippen molar-refractivity contribution in [3.8, 4) is 5.75 Å². The molecule has 0 bridgehead atoms. The first kappa shape index (κ1) is 24.6. The Morgan fingerprint density at radius 3 is 2.81 bits per heavy atom. The van der Waals surface area contributed by atoms with E-state index in [-0.39, 0.29) is 6.54 Å². The van der Waals surface area contributed by atoms with Gasteiger partial charge in [-0.2, -0.15) is 5.12 Å². The fourth-order valence-corrected chi connectivity index (χ4v) is 4.59. The Bertz CT molecular complexity index is 1280. The summed E-state index contributed by atoms with van der Waals surface area (Å²) in [6, 6.07) is 11.7. The zero-order chi connectivity index (χ0) is 25.6. The second kappa shape index (κ2) is 11.3. The van der Waals surface area contributed by atoms with E-state index in [1.807, 2.05) is 18.2 Å². The molecule has 3 aromatic rings. The normalized spacial score (nSPS) is 16.0. The van der Waals surface area contributed by atoms with Crippen molar-refractivity contribution in [2.75, 3.05) is 43.2 Å². The monoisotopic (exact) mass is 506 g/mol. The molecule has 1 amide bonds. The highest BCUT2D eigenvalue weighted by atomic mass is 19.1. The Kier molecular flexibility index (Phi) is 7.50. The van der Waals surface area contributed by atoms with E-state index in [2.05, 4.69) is 25.6 Å². The highest BCUT2D eigenvalue weighted by Gasteiger charge is 2.24. The molecular weight excluding hydrogens is 475 g/mol. The third-order valence-electron chi connectivity index (χ3n) is 6.33. The Hall–Kier alpha value is -4.12. The molecule has 1 aromatic heterocycles. The largest absolute Gasteiger partial charge is 0.493 e. The average Bonchev–Trinajstić information content (AvgIpc) is 3.28. The Morgan fingerprint density at radius 1 is 1.14 bits per heavy atom. The molecule has 3 heterocycles. The van der Waals surface area contributed by atoms with Crippen molar-refractivity contribution >= 4 is 28.3 Å². The molecule has 10 nitrogen and oxygen atoms in total.